The summed E-state index contributed by atoms with van der Waals surface area (Å²) in [4.78, 5) is 12.6. The van der Waals surface area contributed by atoms with Crippen LogP contribution in [0.25, 0.3) is 0 Å². The fraction of sp³-hybridized carbons (Fsp3) is 0.316. The maximum atomic E-state index is 12.6. The summed E-state index contributed by atoms with van der Waals surface area (Å²) in [6.45, 7) is 3.47. The van der Waals surface area contributed by atoms with Crippen molar-refractivity contribution >= 4 is 43.5 Å². The summed E-state index contributed by atoms with van der Waals surface area (Å²) in [5.74, 6) is -0.379. The van der Waals surface area contributed by atoms with Gasteiger partial charge in [0.05, 0.1) is 11.4 Å². The summed E-state index contributed by atoms with van der Waals surface area (Å²) in [7, 11) is -2.35. The van der Waals surface area contributed by atoms with E-state index in [0.29, 0.717) is 11.4 Å². The van der Waals surface area contributed by atoms with Crippen LogP contribution in [-0.2, 0) is 21.2 Å². The van der Waals surface area contributed by atoms with Gasteiger partial charge in [-0.05, 0) is 56.2 Å². The minimum atomic E-state index is -3.74. The Morgan fingerprint density at radius 1 is 1.15 bits per heavy atom. The first kappa shape index (κ1) is 21.9. The molecule has 146 valence electrons. The van der Waals surface area contributed by atoms with Crippen LogP contribution in [-0.4, -0.2) is 37.8 Å². The maximum absolute atomic E-state index is 12.6. The van der Waals surface area contributed by atoms with E-state index in [-0.39, 0.29) is 17.3 Å². The van der Waals surface area contributed by atoms with E-state index in [1.54, 1.807) is 18.2 Å². The molecule has 1 N–H and O–H groups in total. The Balaban J connectivity index is 2.03. The van der Waals surface area contributed by atoms with Gasteiger partial charge in [-0.25, -0.2) is 8.42 Å². The number of carbonyl (C=O) groups is 1. The highest BCUT2D eigenvalue weighted by molar-refractivity contribution is 9.10. The summed E-state index contributed by atoms with van der Waals surface area (Å²) < 4.78 is 27.0. The van der Waals surface area contributed by atoms with E-state index in [4.69, 9.17) is 11.6 Å². The molecule has 0 saturated heterocycles. The van der Waals surface area contributed by atoms with Crippen LogP contribution in [0.4, 0.5) is 0 Å². The van der Waals surface area contributed by atoms with Crippen LogP contribution in [0.3, 0.4) is 0 Å². The Morgan fingerprint density at radius 2 is 1.74 bits per heavy atom. The van der Waals surface area contributed by atoms with Gasteiger partial charge in [0.1, 0.15) is 0 Å². The molecule has 0 heterocycles. The summed E-state index contributed by atoms with van der Waals surface area (Å²) in [5, 5.41) is 3.52. The molecule has 2 rings (SSSR count). The minimum absolute atomic E-state index is 0.135. The highest BCUT2D eigenvalue weighted by Crippen LogP contribution is 2.21. The fourth-order valence-corrected chi connectivity index (χ4v) is 4.25. The van der Waals surface area contributed by atoms with Gasteiger partial charge in [-0.3, -0.25) is 4.79 Å². The zero-order chi connectivity index (χ0) is 20.2. The Kier molecular flexibility index (Phi) is 7.08. The monoisotopic (exact) mass is 472 g/mol. The molecule has 27 heavy (non-hydrogen) atoms. The van der Waals surface area contributed by atoms with Crippen molar-refractivity contribution in [3.8, 4) is 0 Å². The molecule has 5 nitrogen and oxygen atoms in total. The van der Waals surface area contributed by atoms with Gasteiger partial charge in [-0.2, -0.15) is 4.31 Å². The van der Waals surface area contributed by atoms with Crippen LogP contribution >= 0.6 is 27.5 Å². The quantitative estimate of drug-likeness (QED) is 0.664. The standard InChI is InChI=1S/C19H22BrClN2O3S/c1-19(2,12-14-6-4-5-7-17(14)21)22-18(24)13-23(3)27(25,26)16-10-8-15(20)9-11-16/h4-11H,12-13H2,1-3H3,(H,22,24). The Morgan fingerprint density at radius 3 is 2.33 bits per heavy atom. The van der Waals surface area contributed by atoms with Gasteiger partial charge in [0.25, 0.3) is 0 Å². The summed E-state index contributed by atoms with van der Waals surface area (Å²) >= 11 is 9.46. The fourth-order valence-electron chi connectivity index (χ4n) is 2.65. The topological polar surface area (TPSA) is 66.5 Å². The first-order valence-electron chi connectivity index (χ1n) is 8.27. The van der Waals surface area contributed by atoms with E-state index in [1.165, 1.54) is 19.2 Å². The van der Waals surface area contributed by atoms with Crippen molar-refractivity contribution in [1.82, 2.24) is 9.62 Å². The van der Waals surface area contributed by atoms with Crippen LogP contribution < -0.4 is 5.32 Å². The molecule has 1 amide bonds. The first-order valence-corrected chi connectivity index (χ1v) is 10.9. The molecular weight excluding hydrogens is 452 g/mol. The number of nitrogens with one attached hydrogen (secondary N) is 1. The van der Waals surface area contributed by atoms with Crippen molar-refractivity contribution < 1.29 is 13.2 Å². The molecule has 0 unspecified atom stereocenters. The smallest absolute Gasteiger partial charge is 0.243 e. The molecule has 0 radical (unpaired) electrons. The average molecular weight is 474 g/mol. The zero-order valence-corrected chi connectivity index (χ0v) is 18.5. The lowest BCUT2D eigenvalue weighted by Crippen LogP contribution is -2.49. The Labute approximate surface area is 173 Å². The lowest BCUT2D eigenvalue weighted by Gasteiger charge is -2.28. The largest absolute Gasteiger partial charge is 0.350 e. The third-order valence-corrected chi connectivity index (χ3v) is 6.67. The van der Waals surface area contributed by atoms with Gasteiger partial charge in [-0.1, -0.05) is 45.7 Å². The van der Waals surface area contributed by atoms with Crippen molar-refractivity contribution in [3.63, 3.8) is 0 Å². The number of sulfonamides is 1. The molecule has 0 spiro atoms. The normalized spacial score (nSPS) is 12.2. The zero-order valence-electron chi connectivity index (χ0n) is 15.4. The number of benzene rings is 2. The lowest BCUT2D eigenvalue weighted by molar-refractivity contribution is -0.122. The second kappa shape index (κ2) is 8.73. The number of halogens is 2. The summed E-state index contributed by atoms with van der Waals surface area (Å²) in [6, 6.07) is 13.7. The van der Waals surface area contributed by atoms with Crippen molar-refractivity contribution in [2.75, 3.05) is 13.6 Å². The third kappa shape index (κ3) is 6.04. The van der Waals surface area contributed by atoms with Gasteiger partial charge >= 0.3 is 0 Å². The van der Waals surface area contributed by atoms with Gasteiger partial charge in [0.15, 0.2) is 0 Å². The van der Waals surface area contributed by atoms with E-state index in [1.807, 2.05) is 32.0 Å². The molecule has 0 saturated carbocycles. The van der Waals surface area contributed by atoms with Gasteiger partial charge in [-0.15, -0.1) is 0 Å². The highest BCUT2D eigenvalue weighted by Gasteiger charge is 2.26. The van der Waals surface area contributed by atoms with E-state index < -0.39 is 15.6 Å². The highest BCUT2D eigenvalue weighted by atomic mass is 79.9. The third-order valence-electron chi connectivity index (χ3n) is 3.96. The molecular formula is C19H22BrClN2O3S. The number of carbonyl (C=O) groups excluding carboxylic acids is 1. The molecule has 0 atom stereocenters. The average Bonchev–Trinajstić information content (AvgIpc) is 2.56. The molecule has 2 aromatic rings. The van der Waals surface area contributed by atoms with Gasteiger partial charge < -0.3 is 5.32 Å². The van der Waals surface area contributed by atoms with Crippen LogP contribution in [0.5, 0.6) is 0 Å². The Bertz CT molecular complexity index is 915. The van der Waals surface area contributed by atoms with Crippen molar-refractivity contribution in [2.24, 2.45) is 0 Å². The molecule has 0 aliphatic carbocycles. The maximum Gasteiger partial charge on any atom is 0.243 e. The number of likely N-dealkylation sites (N-methyl/N-ethyl adjacent to an activating group) is 1. The molecule has 0 bridgehead atoms. The lowest BCUT2D eigenvalue weighted by atomic mass is 9.95. The van der Waals surface area contributed by atoms with Crippen LogP contribution in [0.15, 0.2) is 57.9 Å². The van der Waals surface area contributed by atoms with E-state index in [9.17, 15) is 13.2 Å². The molecule has 0 aliphatic rings. The van der Waals surface area contributed by atoms with Crippen molar-refractivity contribution in [2.45, 2.75) is 30.7 Å². The van der Waals surface area contributed by atoms with E-state index in [0.717, 1.165) is 14.3 Å². The number of nitrogens with zero attached hydrogens (tertiary/aromatic N) is 1. The second-order valence-electron chi connectivity index (χ2n) is 6.92. The summed E-state index contributed by atoms with van der Waals surface area (Å²) in [6.07, 6.45) is 0.529. The molecule has 0 aliphatic heterocycles. The molecule has 8 heteroatoms. The van der Waals surface area contributed by atoms with Crippen molar-refractivity contribution in [1.29, 1.82) is 0 Å². The van der Waals surface area contributed by atoms with E-state index >= 15 is 0 Å². The van der Waals surface area contributed by atoms with Crippen LogP contribution in [0, 0.1) is 0 Å². The van der Waals surface area contributed by atoms with Gasteiger partial charge in [0.2, 0.25) is 15.9 Å². The number of amides is 1. The van der Waals surface area contributed by atoms with Crippen LogP contribution in [0.1, 0.15) is 19.4 Å². The SMILES string of the molecule is CN(CC(=O)NC(C)(C)Cc1ccccc1Cl)S(=O)(=O)c1ccc(Br)cc1. The predicted molar refractivity (Wildman–Crippen MR) is 111 cm³/mol. The molecule has 2 aromatic carbocycles. The van der Waals surface area contributed by atoms with Crippen molar-refractivity contribution in [3.05, 3.63) is 63.6 Å². The molecule has 0 aromatic heterocycles. The number of hydrogen-bond acceptors (Lipinski definition) is 3. The second-order valence-corrected chi connectivity index (χ2v) is 10.3. The Hall–Kier alpha value is -1.41. The molecule has 0 fully saturated rings. The first-order chi connectivity index (χ1) is 12.5. The predicted octanol–water partition coefficient (Wildman–Crippen LogP) is 3.86. The summed E-state index contributed by atoms with van der Waals surface area (Å²) in [5.41, 5.74) is 0.338. The minimum Gasteiger partial charge on any atom is -0.350 e. The number of rotatable bonds is 7. The van der Waals surface area contributed by atoms with E-state index in [2.05, 4.69) is 21.2 Å². The van der Waals surface area contributed by atoms with Crippen LogP contribution in [0.2, 0.25) is 5.02 Å². The van der Waals surface area contributed by atoms with Gasteiger partial charge in [0, 0.05) is 22.1 Å². The number of hydrogen-bond donors (Lipinski definition) is 1.